The minimum atomic E-state index is -4.67. The molecule has 0 aliphatic rings. The number of rotatable bonds is 6. The Hall–Kier alpha value is -1.61. The van der Waals surface area contributed by atoms with Crippen LogP contribution in [0.3, 0.4) is 0 Å². The van der Waals surface area contributed by atoms with Gasteiger partial charge in [-0.25, -0.2) is 15.8 Å². The number of aliphatic hydroxyl groups is 1. The van der Waals surface area contributed by atoms with Crippen LogP contribution in [-0.4, -0.2) is 27.2 Å². The van der Waals surface area contributed by atoms with Gasteiger partial charge in [-0.3, -0.25) is 0 Å². The van der Waals surface area contributed by atoms with E-state index in [4.69, 9.17) is 5.84 Å². The van der Waals surface area contributed by atoms with Gasteiger partial charge in [0.1, 0.15) is 11.6 Å². The van der Waals surface area contributed by atoms with Crippen LogP contribution in [0.2, 0.25) is 0 Å². The summed E-state index contributed by atoms with van der Waals surface area (Å²) in [6.07, 6.45) is -3.41. The molecule has 1 rings (SSSR count). The van der Waals surface area contributed by atoms with E-state index in [1.54, 1.807) is 6.92 Å². The highest BCUT2D eigenvalue weighted by atomic mass is 19.4. The summed E-state index contributed by atoms with van der Waals surface area (Å²) in [5.41, 5.74) is 1.02. The van der Waals surface area contributed by atoms with Gasteiger partial charge in [-0.2, -0.15) is 13.2 Å². The fraction of sp³-hybridized carbons (Fsp3) is 0.636. The first-order valence-corrected chi connectivity index (χ1v) is 6.07. The molecule has 0 amide bonds. The number of anilines is 2. The van der Waals surface area contributed by atoms with E-state index < -0.39 is 17.6 Å². The maximum Gasteiger partial charge on any atom is 0.451 e. The first kappa shape index (κ1) is 16.4. The summed E-state index contributed by atoms with van der Waals surface area (Å²) in [6, 6.07) is 1.23. The molecule has 1 heterocycles. The average molecular weight is 293 g/mol. The van der Waals surface area contributed by atoms with Gasteiger partial charge in [0.25, 0.3) is 0 Å². The Bertz CT molecular complexity index is 450. The van der Waals surface area contributed by atoms with Crippen molar-refractivity contribution in [2.75, 3.05) is 17.3 Å². The van der Waals surface area contributed by atoms with Crippen LogP contribution >= 0.6 is 0 Å². The number of nitrogens with two attached hydrogens (primary N) is 1. The lowest BCUT2D eigenvalue weighted by Gasteiger charge is -2.23. The molecule has 20 heavy (non-hydrogen) atoms. The van der Waals surface area contributed by atoms with Gasteiger partial charge in [0.15, 0.2) is 0 Å². The third kappa shape index (κ3) is 4.82. The lowest BCUT2D eigenvalue weighted by atomic mass is 10.0. The van der Waals surface area contributed by atoms with Crippen molar-refractivity contribution in [3.63, 3.8) is 0 Å². The van der Waals surface area contributed by atoms with Crippen LogP contribution in [0.1, 0.15) is 32.5 Å². The van der Waals surface area contributed by atoms with Gasteiger partial charge in [-0.15, -0.1) is 0 Å². The maximum absolute atomic E-state index is 12.6. The van der Waals surface area contributed by atoms with Crippen LogP contribution in [0.5, 0.6) is 0 Å². The molecule has 0 aromatic carbocycles. The lowest BCUT2D eigenvalue weighted by Crippen LogP contribution is -2.33. The summed E-state index contributed by atoms with van der Waals surface area (Å²) in [4.78, 5) is 6.59. The van der Waals surface area contributed by atoms with Gasteiger partial charge in [-0.05, 0) is 13.3 Å². The van der Waals surface area contributed by atoms with Gasteiger partial charge in [-0.1, -0.05) is 13.3 Å². The summed E-state index contributed by atoms with van der Waals surface area (Å²) in [7, 11) is 0. The third-order valence-electron chi connectivity index (χ3n) is 2.57. The zero-order chi connectivity index (χ0) is 15.4. The van der Waals surface area contributed by atoms with Crippen molar-refractivity contribution in [1.29, 1.82) is 0 Å². The van der Waals surface area contributed by atoms with E-state index in [9.17, 15) is 18.3 Å². The standard InChI is InChI=1S/C11H18F3N5O/c1-3-4-10(2,20)6-16-7-5-8(19-15)18-9(17-7)11(12,13)14/h5,20H,3-4,6,15H2,1-2H3,(H2,16,17,18,19). The number of halogens is 3. The van der Waals surface area contributed by atoms with Crippen LogP contribution in [0.25, 0.3) is 0 Å². The molecule has 1 atom stereocenters. The maximum atomic E-state index is 12.6. The molecule has 5 N–H and O–H groups in total. The molecule has 0 saturated heterocycles. The topological polar surface area (TPSA) is 96.1 Å². The van der Waals surface area contributed by atoms with E-state index in [0.717, 1.165) is 6.42 Å². The predicted molar refractivity (Wildman–Crippen MR) is 68.9 cm³/mol. The molecule has 0 fully saturated rings. The second kappa shape index (κ2) is 6.23. The molecule has 0 aliphatic heterocycles. The summed E-state index contributed by atoms with van der Waals surface area (Å²) in [5, 5.41) is 12.6. The van der Waals surface area contributed by atoms with Crippen molar-refractivity contribution in [1.82, 2.24) is 9.97 Å². The van der Waals surface area contributed by atoms with E-state index in [1.165, 1.54) is 6.07 Å². The van der Waals surface area contributed by atoms with Crippen molar-refractivity contribution in [3.8, 4) is 0 Å². The molecule has 0 saturated carbocycles. The number of alkyl halides is 3. The molecule has 1 aromatic heterocycles. The van der Waals surface area contributed by atoms with Crippen LogP contribution < -0.4 is 16.6 Å². The molecule has 1 unspecified atom stereocenters. The normalized spacial score (nSPS) is 14.8. The Morgan fingerprint density at radius 1 is 1.30 bits per heavy atom. The monoisotopic (exact) mass is 293 g/mol. The molecule has 0 radical (unpaired) electrons. The van der Waals surface area contributed by atoms with Crippen LogP contribution in [0, 0.1) is 0 Å². The summed E-state index contributed by atoms with van der Waals surface area (Å²) in [5.74, 6) is 3.55. The van der Waals surface area contributed by atoms with Gasteiger partial charge in [0.05, 0.1) is 5.60 Å². The highest BCUT2D eigenvalue weighted by molar-refractivity contribution is 5.47. The summed E-state index contributed by atoms with van der Waals surface area (Å²) >= 11 is 0. The van der Waals surface area contributed by atoms with E-state index in [1.807, 2.05) is 12.3 Å². The number of hydrogen-bond donors (Lipinski definition) is 4. The summed E-state index contributed by atoms with van der Waals surface area (Å²) in [6.45, 7) is 3.56. The number of nitrogens with zero attached hydrogens (tertiary/aromatic N) is 2. The fourth-order valence-electron chi connectivity index (χ4n) is 1.65. The number of hydrogen-bond acceptors (Lipinski definition) is 6. The van der Waals surface area contributed by atoms with Crippen LogP contribution in [0.4, 0.5) is 24.8 Å². The van der Waals surface area contributed by atoms with E-state index >= 15 is 0 Å². The molecule has 1 aromatic rings. The molecule has 114 valence electrons. The van der Waals surface area contributed by atoms with Gasteiger partial charge in [0.2, 0.25) is 5.82 Å². The van der Waals surface area contributed by atoms with E-state index in [0.29, 0.717) is 6.42 Å². The van der Waals surface area contributed by atoms with Crippen molar-refractivity contribution in [2.24, 2.45) is 5.84 Å². The van der Waals surface area contributed by atoms with Crippen molar-refractivity contribution >= 4 is 11.6 Å². The molecular formula is C11H18F3N5O. The van der Waals surface area contributed by atoms with Crippen molar-refractivity contribution in [3.05, 3.63) is 11.9 Å². The average Bonchev–Trinajstić information content (AvgIpc) is 2.35. The van der Waals surface area contributed by atoms with Crippen LogP contribution in [0.15, 0.2) is 6.07 Å². The minimum absolute atomic E-state index is 0.0587. The molecule has 0 spiro atoms. The molecular weight excluding hydrogens is 275 g/mol. The molecule has 0 bridgehead atoms. The Balaban J connectivity index is 2.90. The number of nitrogens with one attached hydrogen (secondary N) is 2. The largest absolute Gasteiger partial charge is 0.451 e. The first-order chi connectivity index (χ1) is 9.18. The SMILES string of the molecule is CCCC(C)(O)CNc1cc(NN)nc(C(F)(F)F)n1. The second-order valence-electron chi connectivity index (χ2n) is 4.70. The van der Waals surface area contributed by atoms with Gasteiger partial charge < -0.3 is 15.8 Å². The molecule has 0 aliphatic carbocycles. The quantitative estimate of drug-likeness (QED) is 0.471. The number of nitrogen functional groups attached to an aromatic ring is 1. The smallest absolute Gasteiger partial charge is 0.388 e. The Morgan fingerprint density at radius 2 is 1.90 bits per heavy atom. The van der Waals surface area contributed by atoms with E-state index in [2.05, 4.69) is 15.3 Å². The fourth-order valence-corrected chi connectivity index (χ4v) is 1.65. The van der Waals surface area contributed by atoms with Gasteiger partial charge in [0, 0.05) is 12.6 Å². The van der Waals surface area contributed by atoms with Gasteiger partial charge >= 0.3 is 6.18 Å². The van der Waals surface area contributed by atoms with Crippen LogP contribution in [-0.2, 0) is 6.18 Å². The third-order valence-corrected chi connectivity index (χ3v) is 2.57. The lowest BCUT2D eigenvalue weighted by molar-refractivity contribution is -0.144. The number of hydrazine groups is 1. The second-order valence-corrected chi connectivity index (χ2v) is 4.70. The summed E-state index contributed by atoms with van der Waals surface area (Å²) < 4.78 is 37.8. The van der Waals surface area contributed by atoms with Crippen molar-refractivity contribution in [2.45, 2.75) is 38.5 Å². The van der Waals surface area contributed by atoms with E-state index in [-0.39, 0.29) is 18.2 Å². The Labute approximate surface area is 114 Å². The Morgan fingerprint density at radius 3 is 2.40 bits per heavy atom. The zero-order valence-electron chi connectivity index (χ0n) is 11.3. The minimum Gasteiger partial charge on any atom is -0.388 e. The zero-order valence-corrected chi connectivity index (χ0v) is 11.3. The molecule has 9 heteroatoms. The number of aromatic nitrogens is 2. The highest BCUT2D eigenvalue weighted by Crippen LogP contribution is 2.28. The highest BCUT2D eigenvalue weighted by Gasteiger charge is 2.35. The predicted octanol–water partition coefficient (Wildman–Crippen LogP) is 1.74. The Kier molecular flexibility index (Phi) is 5.12. The van der Waals surface area contributed by atoms with Crippen molar-refractivity contribution < 1.29 is 18.3 Å². The molecule has 6 nitrogen and oxygen atoms in total. The first-order valence-electron chi connectivity index (χ1n) is 6.07.